The van der Waals surface area contributed by atoms with E-state index >= 15 is 0 Å². The lowest BCUT2D eigenvalue weighted by molar-refractivity contribution is -0.384. The van der Waals surface area contributed by atoms with Crippen LogP contribution < -0.4 is 5.32 Å². The number of rotatable bonds is 7. The quantitative estimate of drug-likeness (QED) is 0.464. The fraction of sp³-hybridized carbons (Fsp3) is 0.364. The molecule has 2 aromatic carbocycles. The van der Waals surface area contributed by atoms with Gasteiger partial charge in [0.2, 0.25) is 5.91 Å². The number of carbonyl (C=O) groups excluding carboxylic acids is 1. The summed E-state index contributed by atoms with van der Waals surface area (Å²) < 4.78 is 15.4. The van der Waals surface area contributed by atoms with Crippen LogP contribution >= 0.6 is 0 Å². The van der Waals surface area contributed by atoms with Crippen molar-refractivity contribution < 1.29 is 14.1 Å². The number of fused-ring (bicyclic) bond motifs is 1. The van der Waals surface area contributed by atoms with Crippen molar-refractivity contribution in [1.82, 2.24) is 20.0 Å². The van der Waals surface area contributed by atoms with Gasteiger partial charge in [-0.3, -0.25) is 24.5 Å². The molecule has 0 atom stereocenters. The summed E-state index contributed by atoms with van der Waals surface area (Å²) in [5.74, 6) is -0.301. The van der Waals surface area contributed by atoms with Gasteiger partial charge in [-0.2, -0.15) is 5.10 Å². The smallest absolute Gasteiger partial charge is 0.271 e. The predicted molar refractivity (Wildman–Crippen MR) is 114 cm³/mol. The summed E-state index contributed by atoms with van der Waals surface area (Å²) in [7, 11) is 0. The van der Waals surface area contributed by atoms with Gasteiger partial charge in [-0.05, 0) is 37.0 Å². The van der Waals surface area contributed by atoms with Gasteiger partial charge in [0, 0.05) is 43.1 Å². The van der Waals surface area contributed by atoms with E-state index in [0.717, 1.165) is 36.8 Å². The molecule has 162 valence electrons. The minimum atomic E-state index is -0.410. The highest BCUT2D eigenvalue weighted by atomic mass is 19.1. The first kappa shape index (κ1) is 20.9. The highest BCUT2D eigenvalue weighted by Crippen LogP contribution is 2.23. The number of nitro groups is 1. The van der Waals surface area contributed by atoms with E-state index in [1.807, 2.05) is 0 Å². The van der Waals surface area contributed by atoms with E-state index in [1.165, 1.54) is 18.2 Å². The van der Waals surface area contributed by atoms with Crippen LogP contribution in [0.25, 0.3) is 10.9 Å². The van der Waals surface area contributed by atoms with Gasteiger partial charge >= 0.3 is 0 Å². The lowest BCUT2D eigenvalue weighted by Gasteiger charge is -2.31. The Kier molecular flexibility index (Phi) is 6.22. The Hall–Kier alpha value is -3.33. The molecule has 0 aliphatic carbocycles. The lowest BCUT2D eigenvalue weighted by Crippen LogP contribution is -2.41. The van der Waals surface area contributed by atoms with Crippen molar-refractivity contribution in [3.8, 4) is 0 Å². The molecule has 4 rings (SSSR count). The van der Waals surface area contributed by atoms with Crippen LogP contribution in [-0.4, -0.2) is 45.1 Å². The van der Waals surface area contributed by atoms with Crippen LogP contribution in [0.4, 0.5) is 10.1 Å². The Labute approximate surface area is 178 Å². The van der Waals surface area contributed by atoms with Gasteiger partial charge in [-0.1, -0.05) is 18.2 Å². The van der Waals surface area contributed by atoms with Crippen LogP contribution in [0.3, 0.4) is 0 Å². The molecule has 0 saturated carbocycles. The largest absolute Gasteiger partial charge is 0.356 e. The zero-order chi connectivity index (χ0) is 21.8. The number of hydrogen-bond acceptors (Lipinski definition) is 5. The Morgan fingerprint density at radius 3 is 2.74 bits per heavy atom. The number of nitrogens with one attached hydrogen (secondary N) is 1. The molecule has 1 aliphatic rings. The Morgan fingerprint density at radius 1 is 1.23 bits per heavy atom. The fourth-order valence-electron chi connectivity index (χ4n) is 3.98. The first-order valence-electron chi connectivity index (χ1n) is 10.3. The second kappa shape index (κ2) is 9.22. The summed E-state index contributed by atoms with van der Waals surface area (Å²) in [5.41, 5.74) is 1.37. The number of carbonyl (C=O) groups is 1. The third-order valence-electron chi connectivity index (χ3n) is 5.78. The van der Waals surface area contributed by atoms with Crippen LogP contribution in [0.1, 0.15) is 18.4 Å². The fourth-order valence-corrected chi connectivity index (χ4v) is 3.98. The first-order chi connectivity index (χ1) is 15.0. The molecule has 0 unspecified atom stereocenters. The van der Waals surface area contributed by atoms with Gasteiger partial charge in [0.05, 0.1) is 23.3 Å². The monoisotopic (exact) mass is 425 g/mol. The third kappa shape index (κ3) is 4.88. The topological polar surface area (TPSA) is 93.3 Å². The molecular weight excluding hydrogens is 401 g/mol. The maximum Gasteiger partial charge on any atom is 0.271 e. The molecule has 2 heterocycles. The molecule has 8 nitrogen and oxygen atoms in total. The highest BCUT2D eigenvalue weighted by molar-refractivity contribution is 5.81. The van der Waals surface area contributed by atoms with Gasteiger partial charge in [0.15, 0.2) is 0 Å². The predicted octanol–water partition coefficient (Wildman–Crippen LogP) is 3.11. The van der Waals surface area contributed by atoms with E-state index in [-0.39, 0.29) is 23.3 Å². The van der Waals surface area contributed by atoms with Crippen LogP contribution in [0.2, 0.25) is 0 Å². The number of benzene rings is 2. The molecule has 1 amide bonds. The summed E-state index contributed by atoms with van der Waals surface area (Å²) in [6.07, 6.45) is 3.63. The van der Waals surface area contributed by atoms with Crippen molar-refractivity contribution in [1.29, 1.82) is 0 Å². The number of piperidine rings is 1. The number of nitrogens with zero attached hydrogens (tertiary/aromatic N) is 4. The SMILES string of the molecule is O=C(NCCc1ccccc1F)C1CCN(Cn2ncc3ccc([N+](=O)[O-])cc32)CC1. The van der Waals surface area contributed by atoms with Crippen molar-refractivity contribution in [3.05, 3.63) is 70.2 Å². The summed E-state index contributed by atoms with van der Waals surface area (Å²) in [6.45, 7) is 2.41. The van der Waals surface area contributed by atoms with E-state index in [4.69, 9.17) is 0 Å². The third-order valence-corrected chi connectivity index (χ3v) is 5.78. The Morgan fingerprint density at radius 2 is 2.00 bits per heavy atom. The number of nitro benzene ring substituents is 1. The van der Waals surface area contributed by atoms with E-state index < -0.39 is 4.92 Å². The average molecular weight is 425 g/mol. The number of halogens is 1. The van der Waals surface area contributed by atoms with Crippen molar-refractivity contribution in [3.63, 3.8) is 0 Å². The molecule has 1 fully saturated rings. The van der Waals surface area contributed by atoms with Crippen LogP contribution in [0.15, 0.2) is 48.7 Å². The number of likely N-dealkylation sites (tertiary alicyclic amines) is 1. The lowest BCUT2D eigenvalue weighted by atomic mass is 9.96. The summed E-state index contributed by atoms with van der Waals surface area (Å²) in [5, 5.41) is 19.2. The molecular formula is C22H24FN5O3. The second-order valence-corrected chi connectivity index (χ2v) is 7.81. The molecule has 1 N–H and O–H groups in total. The Bertz CT molecular complexity index is 1090. The van der Waals surface area contributed by atoms with Gasteiger partial charge in [-0.15, -0.1) is 0 Å². The molecule has 0 bridgehead atoms. The zero-order valence-electron chi connectivity index (χ0n) is 17.0. The maximum atomic E-state index is 13.7. The van der Waals surface area contributed by atoms with Crippen LogP contribution in [-0.2, 0) is 17.9 Å². The summed E-state index contributed by atoms with van der Waals surface area (Å²) in [4.78, 5) is 25.3. The minimum absolute atomic E-state index is 0.0103. The summed E-state index contributed by atoms with van der Waals surface area (Å²) >= 11 is 0. The molecule has 0 spiro atoms. The molecule has 1 aromatic heterocycles. The van der Waals surface area contributed by atoms with Gasteiger partial charge in [0.25, 0.3) is 5.69 Å². The normalized spacial score (nSPS) is 15.3. The van der Waals surface area contributed by atoms with Gasteiger partial charge < -0.3 is 5.32 Å². The van der Waals surface area contributed by atoms with Gasteiger partial charge in [0.1, 0.15) is 5.82 Å². The first-order valence-corrected chi connectivity index (χ1v) is 10.3. The molecule has 1 saturated heterocycles. The van der Waals surface area contributed by atoms with E-state index in [0.29, 0.717) is 25.2 Å². The Balaban J connectivity index is 1.27. The van der Waals surface area contributed by atoms with Crippen molar-refractivity contribution in [2.75, 3.05) is 19.6 Å². The van der Waals surface area contributed by atoms with E-state index in [1.54, 1.807) is 35.1 Å². The molecule has 3 aromatic rings. The molecule has 0 radical (unpaired) electrons. The highest BCUT2D eigenvalue weighted by Gasteiger charge is 2.25. The molecule has 31 heavy (non-hydrogen) atoms. The van der Waals surface area contributed by atoms with E-state index in [9.17, 15) is 19.3 Å². The average Bonchev–Trinajstić information content (AvgIpc) is 3.17. The number of non-ortho nitro benzene ring substituents is 1. The summed E-state index contributed by atoms with van der Waals surface area (Å²) in [6, 6.07) is 11.3. The minimum Gasteiger partial charge on any atom is -0.356 e. The zero-order valence-corrected chi connectivity index (χ0v) is 17.0. The number of amides is 1. The molecule has 9 heteroatoms. The van der Waals surface area contributed by atoms with Crippen molar-refractivity contribution >= 4 is 22.5 Å². The van der Waals surface area contributed by atoms with Crippen LogP contribution in [0, 0.1) is 21.8 Å². The van der Waals surface area contributed by atoms with Gasteiger partial charge in [-0.25, -0.2) is 4.39 Å². The van der Waals surface area contributed by atoms with Crippen LogP contribution in [0.5, 0.6) is 0 Å². The maximum absolute atomic E-state index is 13.7. The number of aromatic nitrogens is 2. The molecule has 1 aliphatic heterocycles. The standard InChI is InChI=1S/C22H24FN5O3/c23-20-4-2-1-3-16(20)7-10-24-22(29)17-8-11-26(12-9-17)15-27-21-13-19(28(30)31)6-5-18(21)14-25-27/h1-6,13-14,17H,7-12,15H2,(H,24,29). The number of hydrogen-bond donors (Lipinski definition) is 1. The van der Waals surface area contributed by atoms with Crippen molar-refractivity contribution in [2.24, 2.45) is 5.92 Å². The second-order valence-electron chi connectivity index (χ2n) is 7.81. The van der Waals surface area contributed by atoms with E-state index in [2.05, 4.69) is 15.3 Å². The van der Waals surface area contributed by atoms with Crippen molar-refractivity contribution in [2.45, 2.75) is 25.9 Å².